The molecular formula is C27H29BrIN3O3. The van der Waals surface area contributed by atoms with Crippen LogP contribution in [-0.4, -0.2) is 46.1 Å². The maximum Gasteiger partial charge on any atom is 0.235 e. The standard InChI is InChI=1S/C27H29BrIN3O3/c1-27(2,13-17-7-9-18(10-8-17)31-24(34)14-28)30-15-19(33)16-35-23-12-11-21(29)26-25(23)20-5-3-4-6-22(20)32-26/h3-12,19,30,32-33H,13-16H2,1-2H3,(H,31,34)/t19-/m0/s1. The van der Waals surface area contributed by atoms with Crippen molar-refractivity contribution in [2.45, 2.75) is 31.9 Å². The lowest BCUT2D eigenvalue weighted by molar-refractivity contribution is -0.113. The van der Waals surface area contributed by atoms with Crippen molar-refractivity contribution in [3.05, 3.63) is 69.8 Å². The monoisotopic (exact) mass is 649 g/mol. The number of benzene rings is 3. The van der Waals surface area contributed by atoms with E-state index in [1.165, 1.54) is 0 Å². The van der Waals surface area contributed by atoms with Gasteiger partial charge in [-0.3, -0.25) is 4.79 Å². The minimum atomic E-state index is -0.657. The molecule has 0 fully saturated rings. The fourth-order valence-corrected chi connectivity index (χ4v) is 4.85. The van der Waals surface area contributed by atoms with Gasteiger partial charge in [0.25, 0.3) is 0 Å². The number of halogens is 2. The number of aromatic amines is 1. The summed E-state index contributed by atoms with van der Waals surface area (Å²) in [6.07, 6.45) is 0.121. The van der Waals surface area contributed by atoms with E-state index in [-0.39, 0.29) is 23.4 Å². The lowest BCUT2D eigenvalue weighted by atomic mass is 9.94. The quantitative estimate of drug-likeness (QED) is 0.133. The lowest BCUT2D eigenvalue weighted by Gasteiger charge is -2.28. The van der Waals surface area contributed by atoms with Crippen molar-refractivity contribution in [3.63, 3.8) is 0 Å². The molecule has 0 aliphatic carbocycles. The Morgan fingerprint density at radius 2 is 1.89 bits per heavy atom. The molecule has 1 amide bonds. The number of hydrogen-bond donors (Lipinski definition) is 4. The largest absolute Gasteiger partial charge is 0.490 e. The van der Waals surface area contributed by atoms with Gasteiger partial charge in [-0.05, 0) is 78.8 Å². The fourth-order valence-electron chi connectivity index (χ4n) is 4.12. The third-order valence-electron chi connectivity index (χ3n) is 5.82. The third kappa shape index (κ3) is 6.55. The van der Waals surface area contributed by atoms with Crippen LogP contribution in [0, 0.1) is 3.57 Å². The van der Waals surface area contributed by atoms with Gasteiger partial charge in [-0.15, -0.1) is 0 Å². The number of H-pyrrole nitrogens is 1. The molecule has 0 saturated carbocycles. The van der Waals surface area contributed by atoms with Gasteiger partial charge < -0.3 is 25.5 Å². The van der Waals surface area contributed by atoms with Gasteiger partial charge in [-0.1, -0.05) is 46.3 Å². The maximum atomic E-state index is 11.5. The molecule has 0 bridgehead atoms. The smallest absolute Gasteiger partial charge is 0.235 e. The number of β-amino-alcohol motifs (C(OH)–C–C–N with tert-alkyl or cyclic N) is 1. The van der Waals surface area contributed by atoms with Crippen molar-refractivity contribution in [3.8, 4) is 5.75 Å². The zero-order valence-corrected chi connectivity index (χ0v) is 23.4. The van der Waals surface area contributed by atoms with Gasteiger partial charge in [0.2, 0.25) is 5.91 Å². The molecule has 0 spiro atoms. The average molecular weight is 650 g/mol. The van der Waals surface area contributed by atoms with Crippen molar-refractivity contribution in [2.24, 2.45) is 0 Å². The summed E-state index contributed by atoms with van der Waals surface area (Å²) in [7, 11) is 0. The molecule has 35 heavy (non-hydrogen) atoms. The van der Waals surface area contributed by atoms with Crippen LogP contribution in [0.5, 0.6) is 5.75 Å². The Bertz CT molecular complexity index is 1320. The van der Waals surface area contributed by atoms with Gasteiger partial charge in [0.05, 0.1) is 16.2 Å². The zero-order valence-electron chi connectivity index (χ0n) is 19.7. The minimum absolute atomic E-state index is 0.0772. The topological polar surface area (TPSA) is 86.4 Å². The predicted octanol–water partition coefficient (Wildman–Crippen LogP) is 5.61. The Hall–Kier alpha value is -2.14. The molecule has 0 radical (unpaired) electrons. The third-order valence-corrected chi connectivity index (χ3v) is 7.23. The van der Waals surface area contributed by atoms with Crippen LogP contribution in [-0.2, 0) is 11.2 Å². The number of rotatable bonds is 10. The number of ether oxygens (including phenoxy) is 1. The summed E-state index contributed by atoms with van der Waals surface area (Å²) in [4.78, 5) is 15.0. The van der Waals surface area contributed by atoms with E-state index in [2.05, 4.69) is 80.1 Å². The average Bonchev–Trinajstić information content (AvgIpc) is 3.24. The molecule has 1 atom stereocenters. The second-order valence-electron chi connectivity index (χ2n) is 9.25. The summed E-state index contributed by atoms with van der Waals surface area (Å²) in [5.41, 5.74) is 3.81. The molecule has 6 nitrogen and oxygen atoms in total. The zero-order chi connectivity index (χ0) is 25.0. The summed E-state index contributed by atoms with van der Waals surface area (Å²) in [6, 6.07) is 20.0. The van der Waals surface area contributed by atoms with Gasteiger partial charge in [-0.25, -0.2) is 0 Å². The number of aliphatic hydroxyl groups is 1. The molecule has 3 aromatic carbocycles. The highest BCUT2D eigenvalue weighted by Crippen LogP contribution is 2.35. The van der Waals surface area contributed by atoms with Crippen molar-refractivity contribution in [1.29, 1.82) is 0 Å². The number of hydrogen-bond acceptors (Lipinski definition) is 4. The van der Waals surface area contributed by atoms with E-state index in [0.717, 1.165) is 48.8 Å². The summed E-state index contributed by atoms with van der Waals surface area (Å²) < 4.78 is 7.22. The number of fused-ring (bicyclic) bond motifs is 3. The number of carbonyl (C=O) groups excluding carboxylic acids is 1. The van der Waals surface area contributed by atoms with Crippen LogP contribution >= 0.6 is 38.5 Å². The number of carbonyl (C=O) groups is 1. The molecule has 184 valence electrons. The van der Waals surface area contributed by atoms with E-state index >= 15 is 0 Å². The van der Waals surface area contributed by atoms with Crippen LogP contribution in [0.15, 0.2) is 60.7 Å². The highest BCUT2D eigenvalue weighted by Gasteiger charge is 2.20. The van der Waals surface area contributed by atoms with Gasteiger partial charge in [0.1, 0.15) is 18.5 Å². The predicted molar refractivity (Wildman–Crippen MR) is 155 cm³/mol. The van der Waals surface area contributed by atoms with E-state index in [4.69, 9.17) is 4.74 Å². The Labute approximate surface area is 227 Å². The van der Waals surface area contributed by atoms with Crippen LogP contribution in [0.2, 0.25) is 0 Å². The maximum absolute atomic E-state index is 11.5. The summed E-state index contributed by atoms with van der Waals surface area (Å²) in [5, 5.41) is 19.3. The first kappa shape index (κ1) is 25.9. The molecule has 0 aliphatic rings. The SMILES string of the molecule is CC(C)(Cc1ccc(NC(=O)CBr)cc1)NC[C@H](O)COc1ccc(I)c2[nH]c3ccccc3c12. The first-order valence-corrected chi connectivity index (χ1v) is 13.7. The second-order valence-corrected chi connectivity index (χ2v) is 11.0. The Morgan fingerprint density at radius 3 is 2.63 bits per heavy atom. The molecular weight excluding hydrogens is 621 g/mol. The number of anilines is 1. The first-order chi connectivity index (χ1) is 16.8. The van der Waals surface area contributed by atoms with Crippen molar-refractivity contribution in [2.75, 3.05) is 23.8 Å². The molecule has 4 rings (SSSR count). The Morgan fingerprint density at radius 1 is 1.14 bits per heavy atom. The van der Waals surface area contributed by atoms with Crippen molar-refractivity contribution >= 4 is 71.9 Å². The van der Waals surface area contributed by atoms with E-state index in [0.29, 0.717) is 6.54 Å². The van der Waals surface area contributed by atoms with E-state index in [1.54, 1.807) is 0 Å². The molecule has 1 heterocycles. The molecule has 0 saturated heterocycles. The Balaban J connectivity index is 1.34. The molecule has 0 unspecified atom stereocenters. The van der Waals surface area contributed by atoms with Crippen LogP contribution in [0.3, 0.4) is 0 Å². The first-order valence-electron chi connectivity index (χ1n) is 11.5. The van der Waals surface area contributed by atoms with Crippen LogP contribution in [0.25, 0.3) is 21.8 Å². The summed E-state index contributed by atoms with van der Waals surface area (Å²) in [5.74, 6) is 0.690. The molecule has 4 N–H and O–H groups in total. The second kappa shape index (κ2) is 11.3. The van der Waals surface area contributed by atoms with Gasteiger partial charge >= 0.3 is 0 Å². The van der Waals surface area contributed by atoms with Gasteiger partial charge in [0.15, 0.2) is 0 Å². The number of aromatic nitrogens is 1. The molecule has 0 aliphatic heterocycles. The van der Waals surface area contributed by atoms with Crippen molar-refractivity contribution < 1.29 is 14.6 Å². The van der Waals surface area contributed by atoms with Crippen LogP contribution < -0.4 is 15.4 Å². The number of aliphatic hydroxyl groups excluding tert-OH is 1. The summed E-state index contributed by atoms with van der Waals surface area (Å²) >= 11 is 5.47. The number of nitrogens with one attached hydrogen (secondary N) is 3. The molecule has 8 heteroatoms. The highest BCUT2D eigenvalue weighted by molar-refractivity contribution is 14.1. The minimum Gasteiger partial charge on any atom is -0.490 e. The normalized spacial score (nSPS) is 12.7. The van der Waals surface area contributed by atoms with E-state index in [1.807, 2.05) is 48.5 Å². The summed E-state index contributed by atoms with van der Waals surface area (Å²) in [6.45, 7) is 4.82. The van der Waals surface area contributed by atoms with E-state index < -0.39 is 6.10 Å². The molecule has 4 aromatic rings. The number of para-hydroxylation sites is 1. The van der Waals surface area contributed by atoms with Gasteiger partial charge in [0, 0.05) is 32.2 Å². The fraction of sp³-hybridized carbons (Fsp3) is 0.296. The lowest BCUT2D eigenvalue weighted by Crippen LogP contribution is -2.46. The Kier molecular flexibility index (Phi) is 8.36. The molecule has 1 aromatic heterocycles. The number of alkyl halides is 1. The van der Waals surface area contributed by atoms with Crippen molar-refractivity contribution in [1.82, 2.24) is 10.3 Å². The van der Waals surface area contributed by atoms with E-state index in [9.17, 15) is 9.90 Å². The van der Waals surface area contributed by atoms with Gasteiger partial charge in [-0.2, -0.15) is 0 Å². The highest BCUT2D eigenvalue weighted by atomic mass is 127. The van der Waals surface area contributed by atoms with Crippen LogP contribution in [0.1, 0.15) is 19.4 Å². The van der Waals surface area contributed by atoms with Crippen LogP contribution in [0.4, 0.5) is 5.69 Å². The number of amides is 1.